The van der Waals surface area contributed by atoms with Crippen molar-refractivity contribution in [3.8, 4) is 0 Å². The molecule has 1 aliphatic heterocycles. The van der Waals surface area contributed by atoms with E-state index in [1.54, 1.807) is 13.8 Å². The largest absolute Gasteiger partial charge is 0.394 e. The normalized spacial score (nSPS) is 28.5. The van der Waals surface area contributed by atoms with Gasteiger partial charge in [-0.3, -0.25) is 0 Å². The minimum absolute atomic E-state index is 0.330. The van der Waals surface area contributed by atoms with E-state index in [1.165, 1.54) is 0 Å². The molecule has 0 saturated carbocycles. The summed E-state index contributed by atoms with van der Waals surface area (Å²) < 4.78 is 16.8. The van der Waals surface area contributed by atoms with Crippen LogP contribution in [-0.4, -0.2) is 54.1 Å². The lowest BCUT2D eigenvalue weighted by Gasteiger charge is -2.20. The van der Waals surface area contributed by atoms with Gasteiger partial charge in [0.25, 0.3) is 0 Å². The summed E-state index contributed by atoms with van der Waals surface area (Å²) in [6.07, 6.45) is 1.54. The smallest absolute Gasteiger partial charge is 0.164 e. The van der Waals surface area contributed by atoms with Gasteiger partial charge in [-0.15, -0.1) is 0 Å². The van der Waals surface area contributed by atoms with Crippen molar-refractivity contribution in [3.63, 3.8) is 0 Å². The van der Waals surface area contributed by atoms with Gasteiger partial charge in [0.2, 0.25) is 0 Å². The second-order valence-corrected chi connectivity index (χ2v) is 5.17. The van der Waals surface area contributed by atoms with Gasteiger partial charge >= 0.3 is 0 Å². The first kappa shape index (κ1) is 15.9. The van der Waals surface area contributed by atoms with E-state index in [-0.39, 0.29) is 12.7 Å². The summed E-state index contributed by atoms with van der Waals surface area (Å²) in [6.45, 7) is 6.47. The van der Waals surface area contributed by atoms with E-state index in [0.29, 0.717) is 13.2 Å². The lowest BCUT2D eigenvalue weighted by molar-refractivity contribution is -0.159. The second-order valence-electron chi connectivity index (χ2n) is 5.17. The highest BCUT2D eigenvalue weighted by Gasteiger charge is 2.44. The van der Waals surface area contributed by atoms with Crippen molar-refractivity contribution in [2.75, 3.05) is 19.8 Å². The summed E-state index contributed by atoms with van der Waals surface area (Å²) in [6, 6.07) is 0. The van der Waals surface area contributed by atoms with Crippen molar-refractivity contribution in [1.82, 2.24) is 0 Å². The number of rotatable bonds is 8. The highest BCUT2D eigenvalue weighted by atomic mass is 16.8. The molecule has 1 saturated heterocycles. The Morgan fingerprint density at radius 2 is 2.00 bits per heavy atom. The van der Waals surface area contributed by atoms with Crippen molar-refractivity contribution in [1.29, 1.82) is 0 Å². The molecule has 1 rings (SSSR count). The van der Waals surface area contributed by atoms with Crippen molar-refractivity contribution >= 4 is 0 Å². The second kappa shape index (κ2) is 7.40. The van der Waals surface area contributed by atoms with Gasteiger partial charge in [0.1, 0.15) is 18.3 Å². The minimum atomic E-state index is -0.934. The Kier molecular flexibility index (Phi) is 6.52. The molecule has 2 N–H and O–H groups in total. The average Bonchev–Trinajstić information content (AvgIpc) is 2.63. The third-order valence-corrected chi connectivity index (χ3v) is 2.96. The van der Waals surface area contributed by atoms with E-state index in [2.05, 4.69) is 6.92 Å². The zero-order valence-electron chi connectivity index (χ0n) is 11.6. The number of unbranched alkanes of at least 4 members (excludes halogenated alkanes) is 2. The maximum absolute atomic E-state index is 9.69. The molecule has 0 aromatic carbocycles. The summed E-state index contributed by atoms with van der Waals surface area (Å²) in [5, 5.41) is 18.7. The third kappa shape index (κ3) is 4.82. The molecule has 1 fully saturated rings. The van der Waals surface area contributed by atoms with Crippen LogP contribution >= 0.6 is 0 Å². The quantitative estimate of drug-likeness (QED) is 0.640. The van der Waals surface area contributed by atoms with Gasteiger partial charge in [-0.2, -0.15) is 0 Å². The van der Waals surface area contributed by atoms with Gasteiger partial charge in [0.05, 0.1) is 13.2 Å². The Morgan fingerprint density at radius 1 is 1.28 bits per heavy atom. The molecule has 0 spiro atoms. The number of hydrogen-bond donors (Lipinski definition) is 2. The molecule has 18 heavy (non-hydrogen) atoms. The summed E-state index contributed by atoms with van der Waals surface area (Å²) in [4.78, 5) is 0. The third-order valence-electron chi connectivity index (χ3n) is 2.96. The number of ether oxygens (including phenoxy) is 3. The Labute approximate surface area is 109 Å². The van der Waals surface area contributed by atoms with Crippen LogP contribution in [0.1, 0.15) is 40.0 Å². The first-order valence-corrected chi connectivity index (χ1v) is 6.72. The van der Waals surface area contributed by atoms with Gasteiger partial charge in [0.15, 0.2) is 5.79 Å². The summed E-state index contributed by atoms with van der Waals surface area (Å²) in [7, 11) is 0. The van der Waals surface area contributed by atoms with Crippen LogP contribution in [0.3, 0.4) is 0 Å². The van der Waals surface area contributed by atoms with Crippen LogP contribution < -0.4 is 0 Å². The van der Waals surface area contributed by atoms with E-state index in [1.807, 2.05) is 0 Å². The van der Waals surface area contributed by atoms with E-state index in [0.717, 1.165) is 19.3 Å². The van der Waals surface area contributed by atoms with Crippen LogP contribution in [0.15, 0.2) is 0 Å². The first-order valence-electron chi connectivity index (χ1n) is 6.72. The molecule has 0 unspecified atom stereocenters. The fraction of sp³-hybridized carbons (Fsp3) is 1.00. The molecule has 5 heteroatoms. The topological polar surface area (TPSA) is 68.2 Å². The van der Waals surface area contributed by atoms with Crippen molar-refractivity contribution in [2.24, 2.45) is 0 Å². The average molecular weight is 262 g/mol. The molecule has 5 nitrogen and oxygen atoms in total. The van der Waals surface area contributed by atoms with Crippen LogP contribution in [-0.2, 0) is 14.2 Å². The van der Waals surface area contributed by atoms with Crippen LogP contribution in [0.25, 0.3) is 0 Å². The summed E-state index contributed by atoms with van der Waals surface area (Å²) in [5.41, 5.74) is 0. The molecule has 0 aromatic rings. The lowest BCUT2D eigenvalue weighted by atomic mass is 10.1. The minimum Gasteiger partial charge on any atom is -0.394 e. The van der Waals surface area contributed by atoms with E-state index in [4.69, 9.17) is 19.3 Å². The van der Waals surface area contributed by atoms with Crippen LogP contribution in [0.5, 0.6) is 0 Å². The molecule has 1 aliphatic rings. The van der Waals surface area contributed by atoms with Crippen molar-refractivity contribution in [2.45, 2.75) is 64.1 Å². The molecule has 3 atom stereocenters. The van der Waals surface area contributed by atoms with Gasteiger partial charge in [-0.1, -0.05) is 19.8 Å². The number of hydrogen-bond acceptors (Lipinski definition) is 5. The molecule has 0 radical (unpaired) electrons. The van der Waals surface area contributed by atoms with Gasteiger partial charge in [0, 0.05) is 6.61 Å². The van der Waals surface area contributed by atoms with E-state index >= 15 is 0 Å². The monoisotopic (exact) mass is 262 g/mol. The zero-order chi connectivity index (χ0) is 13.6. The van der Waals surface area contributed by atoms with Crippen LogP contribution in [0.4, 0.5) is 0 Å². The van der Waals surface area contributed by atoms with Crippen LogP contribution in [0.2, 0.25) is 0 Å². The van der Waals surface area contributed by atoms with Crippen LogP contribution in [0, 0.1) is 0 Å². The lowest BCUT2D eigenvalue weighted by Crippen LogP contribution is -2.40. The van der Waals surface area contributed by atoms with Gasteiger partial charge in [-0.05, 0) is 20.3 Å². The SMILES string of the molecule is CCCCCOC[C@@H]1OC(C)(C)O[C@H]1[C@H](O)CO. The van der Waals surface area contributed by atoms with Gasteiger partial charge in [-0.25, -0.2) is 0 Å². The van der Waals surface area contributed by atoms with Crippen molar-refractivity contribution in [3.05, 3.63) is 0 Å². The summed E-state index contributed by atoms with van der Waals surface area (Å²) in [5.74, 6) is -0.738. The molecule has 1 heterocycles. The number of aliphatic hydroxyl groups is 2. The number of aliphatic hydroxyl groups excluding tert-OH is 2. The van der Waals surface area contributed by atoms with E-state index in [9.17, 15) is 5.11 Å². The van der Waals surface area contributed by atoms with Crippen molar-refractivity contribution < 1.29 is 24.4 Å². The predicted octanol–water partition coefficient (Wildman–Crippen LogP) is 1.07. The highest BCUT2D eigenvalue weighted by molar-refractivity contribution is 4.86. The fourth-order valence-corrected chi connectivity index (χ4v) is 2.08. The zero-order valence-corrected chi connectivity index (χ0v) is 11.6. The summed E-state index contributed by atoms with van der Waals surface area (Å²) >= 11 is 0. The molecular formula is C13H26O5. The Hall–Kier alpha value is -0.200. The predicted molar refractivity (Wildman–Crippen MR) is 67.3 cm³/mol. The fourth-order valence-electron chi connectivity index (χ4n) is 2.08. The molecule has 0 bridgehead atoms. The molecule has 0 amide bonds. The molecule has 108 valence electrons. The molecule has 0 aliphatic carbocycles. The van der Waals surface area contributed by atoms with Gasteiger partial charge < -0.3 is 24.4 Å². The Balaban J connectivity index is 2.36. The molecular weight excluding hydrogens is 236 g/mol. The maximum atomic E-state index is 9.69. The Bertz CT molecular complexity index is 231. The highest BCUT2D eigenvalue weighted by Crippen LogP contribution is 2.30. The van der Waals surface area contributed by atoms with E-state index < -0.39 is 18.0 Å². The molecule has 0 aromatic heterocycles. The Morgan fingerprint density at radius 3 is 2.61 bits per heavy atom. The maximum Gasteiger partial charge on any atom is 0.164 e. The first-order chi connectivity index (χ1) is 8.50. The standard InChI is InChI=1S/C13H26O5/c1-4-5-6-7-16-9-11-12(10(15)8-14)18-13(2,3)17-11/h10-12,14-15H,4-9H2,1-3H3/t10-,11+,12+/m1/s1.